The molecular formula is C16H15NOS. The highest BCUT2D eigenvalue weighted by molar-refractivity contribution is 7.14. The first-order valence-corrected chi connectivity index (χ1v) is 7.05. The maximum atomic E-state index is 12.6. The quantitative estimate of drug-likeness (QED) is 0.642. The van der Waals surface area contributed by atoms with Crippen LogP contribution in [0.25, 0.3) is 10.9 Å². The summed E-state index contributed by atoms with van der Waals surface area (Å²) in [4.78, 5) is 14.5. The Morgan fingerprint density at radius 1 is 1.16 bits per heavy atom. The van der Waals surface area contributed by atoms with E-state index >= 15 is 0 Å². The average Bonchev–Trinajstić information content (AvgIpc) is 2.94. The average molecular weight is 269 g/mol. The van der Waals surface area contributed by atoms with E-state index in [2.05, 4.69) is 19.1 Å². The maximum absolute atomic E-state index is 12.6. The number of carbonyl (C=O) groups excluding carboxylic acids is 1. The van der Waals surface area contributed by atoms with Gasteiger partial charge in [-0.1, -0.05) is 12.1 Å². The maximum Gasteiger partial charge on any atom is 0.205 e. The van der Waals surface area contributed by atoms with Crippen LogP contribution >= 0.6 is 11.3 Å². The Labute approximate surface area is 116 Å². The predicted molar refractivity (Wildman–Crippen MR) is 80.1 cm³/mol. The Morgan fingerprint density at radius 2 is 1.95 bits per heavy atom. The molecule has 3 heteroatoms. The van der Waals surface area contributed by atoms with Crippen molar-refractivity contribution >= 4 is 28.0 Å². The summed E-state index contributed by atoms with van der Waals surface area (Å²) < 4.78 is 2.02. The zero-order valence-electron chi connectivity index (χ0n) is 11.2. The second kappa shape index (κ2) is 4.35. The minimum absolute atomic E-state index is 0.118. The number of aromatic nitrogens is 1. The van der Waals surface area contributed by atoms with Crippen molar-refractivity contribution in [3.63, 3.8) is 0 Å². The van der Waals surface area contributed by atoms with E-state index in [0.29, 0.717) is 0 Å². The number of rotatable bonds is 2. The molecule has 0 unspecified atom stereocenters. The summed E-state index contributed by atoms with van der Waals surface area (Å²) in [6.45, 7) is 4.09. The summed E-state index contributed by atoms with van der Waals surface area (Å²) in [6.07, 6.45) is 1.93. The third-order valence-electron chi connectivity index (χ3n) is 3.35. The summed E-state index contributed by atoms with van der Waals surface area (Å²) in [5.41, 5.74) is 3.11. The first-order chi connectivity index (χ1) is 9.06. The number of benzene rings is 1. The molecule has 3 aromatic rings. The van der Waals surface area contributed by atoms with Gasteiger partial charge in [-0.3, -0.25) is 4.79 Å². The fraction of sp³-hybridized carbons (Fsp3) is 0.188. The van der Waals surface area contributed by atoms with Gasteiger partial charge in [0.2, 0.25) is 5.78 Å². The molecule has 0 aliphatic heterocycles. The number of fused-ring (bicyclic) bond motifs is 1. The number of ketones is 1. The molecule has 2 heterocycles. The Morgan fingerprint density at radius 3 is 2.63 bits per heavy atom. The molecule has 0 amide bonds. The lowest BCUT2D eigenvalue weighted by Gasteiger charge is -1.98. The summed E-state index contributed by atoms with van der Waals surface area (Å²) >= 11 is 1.55. The SMILES string of the molecule is Cc1ccc2c(C(=O)c3ccc(C)s3)cn(C)c2c1. The second-order valence-corrected chi connectivity index (χ2v) is 6.20. The Balaban J connectivity index is 2.18. The van der Waals surface area contributed by atoms with Crippen LogP contribution in [0.2, 0.25) is 0 Å². The standard InChI is InChI=1S/C16H15NOS/c1-10-4-6-12-13(9-17(3)14(12)8-10)16(18)15-7-5-11(2)19-15/h4-9H,1-3H3. The molecule has 3 rings (SSSR count). The highest BCUT2D eigenvalue weighted by Gasteiger charge is 2.16. The lowest BCUT2D eigenvalue weighted by atomic mass is 10.1. The minimum Gasteiger partial charge on any atom is -0.350 e. The van der Waals surface area contributed by atoms with Crippen LogP contribution in [0.1, 0.15) is 25.7 Å². The normalized spacial score (nSPS) is 11.1. The molecule has 0 fully saturated rings. The summed E-state index contributed by atoms with van der Waals surface area (Å²) in [6, 6.07) is 10.1. The second-order valence-electron chi connectivity index (χ2n) is 4.91. The minimum atomic E-state index is 0.118. The largest absolute Gasteiger partial charge is 0.350 e. The van der Waals surface area contributed by atoms with Gasteiger partial charge in [-0.15, -0.1) is 11.3 Å². The van der Waals surface area contributed by atoms with Crippen LogP contribution < -0.4 is 0 Å². The van der Waals surface area contributed by atoms with Crippen molar-refractivity contribution in [2.45, 2.75) is 13.8 Å². The molecule has 19 heavy (non-hydrogen) atoms. The summed E-state index contributed by atoms with van der Waals surface area (Å²) in [7, 11) is 1.98. The summed E-state index contributed by atoms with van der Waals surface area (Å²) in [5.74, 6) is 0.118. The van der Waals surface area contributed by atoms with Gasteiger partial charge in [-0.25, -0.2) is 0 Å². The van der Waals surface area contributed by atoms with Crippen LogP contribution in [-0.4, -0.2) is 10.4 Å². The fourth-order valence-corrected chi connectivity index (χ4v) is 3.19. The lowest BCUT2D eigenvalue weighted by Crippen LogP contribution is -1.97. The van der Waals surface area contributed by atoms with Crippen LogP contribution in [0.5, 0.6) is 0 Å². The van der Waals surface area contributed by atoms with E-state index in [-0.39, 0.29) is 5.78 Å². The molecule has 2 aromatic heterocycles. The molecule has 0 atom stereocenters. The van der Waals surface area contributed by atoms with Gasteiger partial charge < -0.3 is 4.57 Å². The molecular weight excluding hydrogens is 254 g/mol. The fourth-order valence-electron chi connectivity index (χ4n) is 2.36. The highest BCUT2D eigenvalue weighted by Crippen LogP contribution is 2.26. The third-order valence-corrected chi connectivity index (χ3v) is 4.35. The number of thiophene rings is 1. The van der Waals surface area contributed by atoms with Crippen molar-refractivity contribution in [3.05, 3.63) is 57.4 Å². The van der Waals surface area contributed by atoms with Crippen molar-refractivity contribution in [2.24, 2.45) is 7.05 Å². The monoisotopic (exact) mass is 269 g/mol. The number of nitrogens with zero attached hydrogens (tertiary/aromatic N) is 1. The van der Waals surface area contributed by atoms with Crippen molar-refractivity contribution in [1.29, 1.82) is 0 Å². The van der Waals surface area contributed by atoms with Gasteiger partial charge in [0, 0.05) is 34.6 Å². The first-order valence-electron chi connectivity index (χ1n) is 6.23. The van der Waals surface area contributed by atoms with Crippen LogP contribution in [0.15, 0.2) is 36.5 Å². The van der Waals surface area contributed by atoms with Gasteiger partial charge in [0.05, 0.1) is 4.88 Å². The molecule has 96 valence electrons. The molecule has 0 saturated heterocycles. The van der Waals surface area contributed by atoms with E-state index in [0.717, 1.165) is 21.3 Å². The van der Waals surface area contributed by atoms with E-state index in [1.54, 1.807) is 11.3 Å². The first kappa shape index (κ1) is 12.2. The molecule has 0 radical (unpaired) electrons. The molecule has 0 aliphatic carbocycles. The van der Waals surface area contributed by atoms with Gasteiger partial charge in [0.15, 0.2) is 0 Å². The number of aryl methyl sites for hydroxylation is 3. The van der Waals surface area contributed by atoms with Gasteiger partial charge in [-0.2, -0.15) is 0 Å². The van der Waals surface area contributed by atoms with E-state index < -0.39 is 0 Å². The Bertz CT molecular complexity index is 779. The lowest BCUT2D eigenvalue weighted by molar-refractivity contribution is 0.104. The van der Waals surface area contributed by atoms with Crippen LogP contribution in [0.4, 0.5) is 0 Å². The van der Waals surface area contributed by atoms with E-state index in [9.17, 15) is 4.79 Å². The van der Waals surface area contributed by atoms with Gasteiger partial charge in [-0.05, 0) is 37.6 Å². The summed E-state index contributed by atoms with van der Waals surface area (Å²) in [5, 5.41) is 1.03. The smallest absolute Gasteiger partial charge is 0.205 e. The Hall–Kier alpha value is -1.87. The number of hydrogen-bond donors (Lipinski definition) is 0. The van der Waals surface area contributed by atoms with Crippen molar-refractivity contribution in [2.75, 3.05) is 0 Å². The van der Waals surface area contributed by atoms with Crippen LogP contribution in [0, 0.1) is 13.8 Å². The molecule has 2 nitrogen and oxygen atoms in total. The van der Waals surface area contributed by atoms with E-state index in [1.807, 2.05) is 42.9 Å². The van der Waals surface area contributed by atoms with Crippen LogP contribution in [-0.2, 0) is 7.05 Å². The van der Waals surface area contributed by atoms with E-state index in [4.69, 9.17) is 0 Å². The molecule has 0 spiro atoms. The van der Waals surface area contributed by atoms with Gasteiger partial charge in [0.25, 0.3) is 0 Å². The topological polar surface area (TPSA) is 22.0 Å². The van der Waals surface area contributed by atoms with Crippen LogP contribution in [0.3, 0.4) is 0 Å². The molecule has 1 aromatic carbocycles. The van der Waals surface area contributed by atoms with Crippen molar-refractivity contribution < 1.29 is 4.79 Å². The molecule has 0 saturated carbocycles. The highest BCUT2D eigenvalue weighted by atomic mass is 32.1. The molecule has 0 aliphatic rings. The number of carbonyl (C=O) groups is 1. The zero-order valence-corrected chi connectivity index (χ0v) is 12.0. The molecule has 0 N–H and O–H groups in total. The van der Waals surface area contributed by atoms with Gasteiger partial charge in [0.1, 0.15) is 0 Å². The van der Waals surface area contributed by atoms with Crippen molar-refractivity contribution in [3.8, 4) is 0 Å². The molecule has 0 bridgehead atoms. The van der Waals surface area contributed by atoms with Crippen molar-refractivity contribution in [1.82, 2.24) is 4.57 Å². The number of hydrogen-bond acceptors (Lipinski definition) is 2. The third kappa shape index (κ3) is 2.00. The predicted octanol–water partition coefficient (Wildman–Crippen LogP) is 4.09. The van der Waals surface area contributed by atoms with Gasteiger partial charge >= 0.3 is 0 Å². The Kier molecular flexibility index (Phi) is 2.79. The van der Waals surface area contributed by atoms with E-state index in [1.165, 1.54) is 10.4 Å². The zero-order chi connectivity index (χ0) is 13.6.